The van der Waals surface area contributed by atoms with E-state index in [1.165, 1.54) is 11.3 Å². The number of esters is 1. The summed E-state index contributed by atoms with van der Waals surface area (Å²) in [5, 5.41) is 3.65. The first kappa shape index (κ1) is 14.1. The van der Waals surface area contributed by atoms with Crippen molar-refractivity contribution in [3.8, 4) is 0 Å². The highest BCUT2D eigenvalue weighted by atomic mass is 32.1. The van der Waals surface area contributed by atoms with E-state index in [1.54, 1.807) is 6.92 Å². The molecule has 0 aromatic carbocycles. The number of anilines is 1. The fourth-order valence-electron chi connectivity index (χ4n) is 2.35. The predicted molar refractivity (Wildman–Crippen MR) is 75.6 cm³/mol. The molecule has 1 N–H and O–H groups in total. The van der Waals surface area contributed by atoms with Crippen molar-refractivity contribution in [1.29, 1.82) is 0 Å². The molecule has 1 saturated carbocycles. The normalized spacial score (nSPS) is 15.5. The highest BCUT2D eigenvalue weighted by molar-refractivity contribution is 7.18. The van der Waals surface area contributed by atoms with Gasteiger partial charge in [-0.2, -0.15) is 0 Å². The Morgan fingerprint density at radius 3 is 2.74 bits per heavy atom. The lowest BCUT2D eigenvalue weighted by Gasteiger charge is -2.07. The van der Waals surface area contributed by atoms with Gasteiger partial charge in [-0.15, -0.1) is 11.3 Å². The van der Waals surface area contributed by atoms with Crippen molar-refractivity contribution in [3.63, 3.8) is 0 Å². The molecule has 1 fully saturated rings. The van der Waals surface area contributed by atoms with Crippen molar-refractivity contribution >= 4 is 28.2 Å². The van der Waals surface area contributed by atoms with Gasteiger partial charge >= 0.3 is 5.97 Å². The van der Waals surface area contributed by atoms with Gasteiger partial charge in [0.05, 0.1) is 11.6 Å². The summed E-state index contributed by atoms with van der Waals surface area (Å²) in [6.45, 7) is 4.00. The number of nitrogens with one attached hydrogen (secondary N) is 1. The van der Waals surface area contributed by atoms with Crippen LogP contribution < -0.4 is 5.32 Å². The van der Waals surface area contributed by atoms with E-state index in [0.29, 0.717) is 11.5 Å². The molecule has 1 aliphatic carbocycles. The van der Waals surface area contributed by atoms with Gasteiger partial charge in [-0.25, -0.2) is 4.79 Å². The maximum absolute atomic E-state index is 12.0. The van der Waals surface area contributed by atoms with Crippen LogP contribution in [0.5, 0.6) is 0 Å². The second-order valence-electron chi connectivity index (χ2n) is 4.81. The Kier molecular flexibility index (Phi) is 4.58. The fourth-order valence-corrected chi connectivity index (χ4v) is 3.32. The molecular formula is C14H19NO3S. The quantitative estimate of drug-likeness (QED) is 0.861. The first-order valence-electron chi connectivity index (χ1n) is 6.70. The van der Waals surface area contributed by atoms with E-state index in [-0.39, 0.29) is 17.8 Å². The molecule has 0 radical (unpaired) electrons. The summed E-state index contributed by atoms with van der Waals surface area (Å²) < 4.78 is 4.99. The molecule has 0 spiro atoms. The van der Waals surface area contributed by atoms with Crippen LogP contribution in [-0.2, 0) is 9.53 Å². The molecule has 104 valence electrons. The lowest BCUT2D eigenvalue weighted by molar-refractivity contribution is -0.119. The average Bonchev–Trinajstić information content (AvgIpc) is 2.99. The van der Waals surface area contributed by atoms with Crippen LogP contribution in [0.3, 0.4) is 0 Å². The zero-order chi connectivity index (χ0) is 13.8. The molecule has 1 heterocycles. The number of aryl methyl sites for hydroxylation is 1. The number of rotatable bonds is 4. The molecule has 1 amide bonds. The van der Waals surface area contributed by atoms with Gasteiger partial charge in [-0.1, -0.05) is 12.8 Å². The number of hydrogen-bond donors (Lipinski definition) is 1. The fraction of sp³-hybridized carbons (Fsp3) is 0.571. The first-order chi connectivity index (χ1) is 9.11. The van der Waals surface area contributed by atoms with Crippen molar-refractivity contribution < 1.29 is 14.3 Å². The summed E-state index contributed by atoms with van der Waals surface area (Å²) in [5.41, 5.74) is 0.852. The summed E-state index contributed by atoms with van der Waals surface area (Å²) in [7, 11) is 0. The highest BCUT2D eigenvalue weighted by Crippen LogP contribution is 2.30. The Morgan fingerprint density at radius 2 is 2.11 bits per heavy atom. The van der Waals surface area contributed by atoms with Gasteiger partial charge in [-0.3, -0.25) is 4.79 Å². The molecule has 0 atom stereocenters. The SMILES string of the molecule is CCOC(=O)c1sc(NC(=O)C2CCCC2)cc1C. The maximum Gasteiger partial charge on any atom is 0.348 e. The van der Waals surface area contributed by atoms with Crippen LogP contribution in [-0.4, -0.2) is 18.5 Å². The van der Waals surface area contributed by atoms with Crippen molar-refractivity contribution in [2.24, 2.45) is 5.92 Å². The predicted octanol–water partition coefficient (Wildman–Crippen LogP) is 3.36. The Morgan fingerprint density at radius 1 is 1.42 bits per heavy atom. The molecule has 0 unspecified atom stereocenters. The zero-order valence-corrected chi connectivity index (χ0v) is 12.1. The van der Waals surface area contributed by atoms with E-state index >= 15 is 0 Å². The molecule has 2 rings (SSSR count). The summed E-state index contributed by atoms with van der Waals surface area (Å²) in [4.78, 5) is 24.3. The number of hydrogen-bond acceptors (Lipinski definition) is 4. The number of carbonyl (C=O) groups is 2. The number of ether oxygens (including phenoxy) is 1. The number of amides is 1. The van der Waals surface area contributed by atoms with Gasteiger partial charge < -0.3 is 10.1 Å². The summed E-state index contributed by atoms with van der Waals surface area (Å²) in [6, 6.07) is 1.84. The molecule has 0 bridgehead atoms. The lowest BCUT2D eigenvalue weighted by Crippen LogP contribution is -2.19. The molecular weight excluding hydrogens is 262 g/mol. The van der Waals surface area contributed by atoms with E-state index in [2.05, 4.69) is 5.32 Å². The van der Waals surface area contributed by atoms with E-state index in [4.69, 9.17) is 4.74 Å². The van der Waals surface area contributed by atoms with Crippen LogP contribution in [0.1, 0.15) is 47.8 Å². The van der Waals surface area contributed by atoms with Crippen molar-refractivity contribution in [2.75, 3.05) is 11.9 Å². The average molecular weight is 281 g/mol. The topological polar surface area (TPSA) is 55.4 Å². The van der Waals surface area contributed by atoms with E-state index < -0.39 is 0 Å². The minimum atomic E-state index is -0.314. The summed E-state index contributed by atoms with van der Waals surface area (Å²) >= 11 is 1.29. The molecule has 1 aliphatic rings. The highest BCUT2D eigenvalue weighted by Gasteiger charge is 2.24. The molecule has 4 nitrogen and oxygen atoms in total. The molecule has 19 heavy (non-hydrogen) atoms. The van der Waals surface area contributed by atoms with Crippen LogP contribution in [0.25, 0.3) is 0 Å². The standard InChI is InChI=1S/C14H19NO3S/c1-3-18-14(17)12-9(2)8-11(19-12)15-13(16)10-6-4-5-7-10/h8,10H,3-7H2,1-2H3,(H,15,16). The van der Waals surface area contributed by atoms with Gasteiger partial charge in [0.1, 0.15) is 4.88 Å². The largest absolute Gasteiger partial charge is 0.462 e. The van der Waals surface area contributed by atoms with Crippen molar-refractivity contribution in [2.45, 2.75) is 39.5 Å². The smallest absolute Gasteiger partial charge is 0.348 e. The zero-order valence-electron chi connectivity index (χ0n) is 11.3. The van der Waals surface area contributed by atoms with E-state index in [0.717, 1.165) is 36.2 Å². The Bertz CT molecular complexity index is 475. The van der Waals surface area contributed by atoms with Gasteiger partial charge in [0.2, 0.25) is 5.91 Å². The summed E-state index contributed by atoms with van der Waals surface area (Å²) in [6.07, 6.45) is 4.22. The molecule has 5 heteroatoms. The van der Waals surface area contributed by atoms with Gasteiger partial charge in [-0.05, 0) is 38.3 Å². The van der Waals surface area contributed by atoms with E-state index in [1.807, 2.05) is 13.0 Å². The van der Waals surface area contributed by atoms with Crippen LogP contribution in [0.4, 0.5) is 5.00 Å². The second kappa shape index (κ2) is 6.19. The van der Waals surface area contributed by atoms with Gasteiger partial charge in [0, 0.05) is 5.92 Å². The van der Waals surface area contributed by atoms with Gasteiger partial charge in [0.15, 0.2) is 0 Å². The van der Waals surface area contributed by atoms with Crippen LogP contribution >= 0.6 is 11.3 Å². The molecule has 1 aromatic heterocycles. The third-order valence-corrected chi connectivity index (χ3v) is 4.48. The first-order valence-corrected chi connectivity index (χ1v) is 7.52. The third kappa shape index (κ3) is 3.35. The van der Waals surface area contributed by atoms with Crippen molar-refractivity contribution in [3.05, 3.63) is 16.5 Å². The van der Waals surface area contributed by atoms with E-state index in [9.17, 15) is 9.59 Å². The monoisotopic (exact) mass is 281 g/mol. The van der Waals surface area contributed by atoms with Crippen molar-refractivity contribution in [1.82, 2.24) is 0 Å². The number of thiophene rings is 1. The molecule has 1 aromatic rings. The minimum Gasteiger partial charge on any atom is -0.462 e. The maximum atomic E-state index is 12.0. The van der Waals surface area contributed by atoms with Crippen LogP contribution in [0.15, 0.2) is 6.07 Å². The number of carbonyl (C=O) groups excluding carboxylic acids is 2. The third-order valence-electron chi connectivity index (χ3n) is 3.35. The molecule has 0 aliphatic heterocycles. The Labute approximate surface area is 117 Å². The van der Waals surface area contributed by atoms with Crippen LogP contribution in [0.2, 0.25) is 0 Å². The minimum absolute atomic E-state index is 0.0779. The Balaban J connectivity index is 2.03. The molecule has 0 saturated heterocycles. The van der Waals surface area contributed by atoms with Gasteiger partial charge in [0.25, 0.3) is 0 Å². The Hall–Kier alpha value is -1.36. The second-order valence-corrected chi connectivity index (χ2v) is 5.87. The van der Waals surface area contributed by atoms with Crippen LogP contribution in [0, 0.1) is 12.8 Å². The lowest BCUT2D eigenvalue weighted by atomic mass is 10.1. The summed E-state index contributed by atoms with van der Waals surface area (Å²) in [5.74, 6) is -0.103.